The van der Waals surface area contributed by atoms with E-state index in [9.17, 15) is 28.3 Å². The third-order valence-electron chi connectivity index (χ3n) is 5.56. The Bertz CT molecular complexity index is 1090. The summed E-state index contributed by atoms with van der Waals surface area (Å²) in [4.78, 5) is 21.0. The molecule has 1 aliphatic rings. The van der Waals surface area contributed by atoms with Gasteiger partial charge in [-0.2, -0.15) is 18.4 Å². The van der Waals surface area contributed by atoms with Gasteiger partial charge in [0, 0.05) is 22.0 Å². The molecular weight excluding hydrogens is 496 g/mol. The van der Waals surface area contributed by atoms with E-state index >= 15 is 0 Å². The summed E-state index contributed by atoms with van der Waals surface area (Å²) in [6, 6.07) is 15.4. The van der Waals surface area contributed by atoms with Gasteiger partial charge in [-0.3, -0.25) is 10.1 Å². The Labute approximate surface area is 203 Å². The molecule has 3 rings (SSSR count). The van der Waals surface area contributed by atoms with E-state index < -0.39 is 35.5 Å². The van der Waals surface area contributed by atoms with Gasteiger partial charge in [0.15, 0.2) is 0 Å². The van der Waals surface area contributed by atoms with Crippen molar-refractivity contribution in [1.29, 1.82) is 5.26 Å². The Hall–Kier alpha value is -2.80. The van der Waals surface area contributed by atoms with Gasteiger partial charge in [0.25, 0.3) is 0 Å². The molecule has 0 unspecified atom stereocenters. The van der Waals surface area contributed by atoms with Crippen LogP contribution in [0.3, 0.4) is 0 Å². The fourth-order valence-corrected chi connectivity index (χ4v) is 4.58. The minimum absolute atomic E-state index is 0.0337. The smallest absolute Gasteiger partial charge is 0.480 e. The van der Waals surface area contributed by atoms with E-state index in [2.05, 4.69) is 11.4 Å². The van der Waals surface area contributed by atoms with Crippen LogP contribution >= 0.6 is 23.2 Å². The molecule has 0 spiro atoms. The van der Waals surface area contributed by atoms with Crippen LogP contribution in [0.2, 0.25) is 10.0 Å². The van der Waals surface area contributed by atoms with Crippen LogP contribution < -0.4 is 5.32 Å². The second-order valence-corrected chi connectivity index (χ2v) is 8.90. The summed E-state index contributed by atoms with van der Waals surface area (Å²) in [7, 11) is 0. The number of carboxylic acids is 2. The summed E-state index contributed by atoms with van der Waals surface area (Å²) in [5.74, 6) is -4.32. The van der Waals surface area contributed by atoms with Crippen molar-refractivity contribution < 1.29 is 33.0 Å². The number of nitrogens with zero attached hydrogens (tertiary/aromatic N) is 1. The van der Waals surface area contributed by atoms with Gasteiger partial charge in [-0.05, 0) is 41.3 Å². The zero-order valence-electron chi connectivity index (χ0n) is 18.0. The van der Waals surface area contributed by atoms with Gasteiger partial charge >= 0.3 is 18.1 Å². The van der Waals surface area contributed by atoms with Crippen LogP contribution in [0.1, 0.15) is 30.9 Å². The number of nitrogens with one attached hydrogen (secondary N) is 1. The molecule has 0 amide bonds. The molecule has 1 fully saturated rings. The highest BCUT2D eigenvalue weighted by Crippen LogP contribution is 2.50. The van der Waals surface area contributed by atoms with Crippen LogP contribution in [0.25, 0.3) is 0 Å². The van der Waals surface area contributed by atoms with Crippen molar-refractivity contribution >= 4 is 35.1 Å². The topological polar surface area (TPSA) is 110 Å². The lowest BCUT2D eigenvalue weighted by molar-refractivity contribution is -0.192. The number of alkyl halides is 3. The summed E-state index contributed by atoms with van der Waals surface area (Å²) >= 11 is 12.2. The Balaban J connectivity index is 0.000000509. The first kappa shape index (κ1) is 27.4. The lowest BCUT2D eigenvalue weighted by atomic mass is 9.63. The molecule has 0 saturated carbocycles. The first-order chi connectivity index (χ1) is 15.7. The highest BCUT2D eigenvalue weighted by Gasteiger charge is 2.60. The molecule has 1 saturated heterocycles. The minimum atomic E-state index is -5.08. The van der Waals surface area contributed by atoms with Crippen molar-refractivity contribution in [3.63, 3.8) is 0 Å². The van der Waals surface area contributed by atoms with Gasteiger partial charge in [-0.1, -0.05) is 61.3 Å². The van der Waals surface area contributed by atoms with Crippen LogP contribution in [0.4, 0.5) is 13.2 Å². The van der Waals surface area contributed by atoms with Crippen molar-refractivity contribution in [2.45, 2.75) is 43.4 Å². The number of aliphatic carboxylic acids is 2. The molecule has 182 valence electrons. The molecule has 6 nitrogen and oxygen atoms in total. The average Bonchev–Trinajstić information content (AvgIpc) is 3.11. The molecule has 1 heterocycles. The SMILES string of the molecule is CC(C)[C@@H]1N[C@@H](C(=O)O)[C@H](c2cccc(Cl)c2)[C@@]1(C#N)c1ccc(Cl)cc1.O=C(O)C(F)(F)F. The molecule has 0 aliphatic carbocycles. The van der Waals surface area contributed by atoms with Crippen molar-refractivity contribution in [2.75, 3.05) is 0 Å². The Morgan fingerprint density at radius 2 is 1.65 bits per heavy atom. The molecule has 1 aliphatic heterocycles. The first-order valence-electron chi connectivity index (χ1n) is 9.97. The molecule has 34 heavy (non-hydrogen) atoms. The van der Waals surface area contributed by atoms with Crippen LogP contribution in [-0.4, -0.2) is 40.4 Å². The third-order valence-corrected chi connectivity index (χ3v) is 6.05. The van der Waals surface area contributed by atoms with E-state index in [1.165, 1.54) is 0 Å². The number of carboxylic acid groups (broad SMARTS) is 2. The highest BCUT2D eigenvalue weighted by atomic mass is 35.5. The van der Waals surface area contributed by atoms with E-state index in [1.807, 2.05) is 32.0 Å². The molecule has 0 aromatic heterocycles. The van der Waals surface area contributed by atoms with Gasteiger partial charge in [-0.15, -0.1) is 0 Å². The maximum Gasteiger partial charge on any atom is 0.490 e. The summed E-state index contributed by atoms with van der Waals surface area (Å²) in [5, 5.41) is 31.7. The fraction of sp³-hybridized carbons (Fsp3) is 0.348. The van der Waals surface area contributed by atoms with Gasteiger partial charge in [0.1, 0.15) is 11.5 Å². The maximum atomic E-state index is 12.1. The van der Waals surface area contributed by atoms with E-state index in [4.69, 9.17) is 33.1 Å². The van der Waals surface area contributed by atoms with Crippen LogP contribution in [-0.2, 0) is 15.0 Å². The lowest BCUT2D eigenvalue weighted by Crippen LogP contribution is -2.45. The molecule has 11 heteroatoms. The second kappa shape index (κ2) is 10.6. The molecule has 3 N–H and O–H groups in total. The number of benzene rings is 2. The number of carbonyl (C=O) groups is 2. The predicted octanol–water partition coefficient (Wildman–Crippen LogP) is 5.25. The summed E-state index contributed by atoms with van der Waals surface area (Å²) in [6.45, 7) is 3.97. The van der Waals surface area contributed by atoms with E-state index in [0.717, 1.165) is 11.1 Å². The van der Waals surface area contributed by atoms with E-state index in [1.54, 1.807) is 30.3 Å². The van der Waals surface area contributed by atoms with Gasteiger partial charge in [-0.25, -0.2) is 4.79 Å². The van der Waals surface area contributed by atoms with E-state index in [-0.39, 0.29) is 12.0 Å². The summed E-state index contributed by atoms with van der Waals surface area (Å²) in [5.41, 5.74) is 0.392. The molecule has 0 bridgehead atoms. The number of hydrogen-bond donors (Lipinski definition) is 3. The average molecular weight is 517 g/mol. The van der Waals surface area contributed by atoms with Crippen molar-refractivity contribution in [3.05, 3.63) is 69.7 Å². The molecule has 2 aromatic carbocycles. The van der Waals surface area contributed by atoms with Crippen molar-refractivity contribution in [3.8, 4) is 6.07 Å². The molecule has 4 atom stereocenters. The largest absolute Gasteiger partial charge is 0.490 e. The van der Waals surface area contributed by atoms with Crippen LogP contribution in [0, 0.1) is 17.2 Å². The van der Waals surface area contributed by atoms with Crippen LogP contribution in [0.15, 0.2) is 48.5 Å². The monoisotopic (exact) mass is 516 g/mol. The van der Waals surface area contributed by atoms with E-state index in [0.29, 0.717) is 10.0 Å². The molecular formula is C23H21Cl2F3N2O4. The minimum Gasteiger partial charge on any atom is -0.480 e. The number of hydrogen-bond acceptors (Lipinski definition) is 4. The van der Waals surface area contributed by atoms with Gasteiger partial charge in [0.05, 0.1) is 6.07 Å². The van der Waals surface area contributed by atoms with Crippen molar-refractivity contribution in [2.24, 2.45) is 5.92 Å². The first-order valence-corrected chi connectivity index (χ1v) is 10.7. The Morgan fingerprint density at radius 3 is 2.06 bits per heavy atom. The zero-order valence-corrected chi connectivity index (χ0v) is 19.5. The molecule has 2 aromatic rings. The molecule has 0 radical (unpaired) electrons. The normalized spacial score (nSPS) is 24.1. The second-order valence-electron chi connectivity index (χ2n) is 8.03. The maximum absolute atomic E-state index is 12.1. The van der Waals surface area contributed by atoms with Gasteiger partial charge < -0.3 is 10.2 Å². The Morgan fingerprint density at radius 1 is 1.09 bits per heavy atom. The standard InChI is InChI=1S/C21H20Cl2N2O2.C2HF3O2/c1-12(2)19-21(11-24,14-6-8-15(22)9-7-14)17(18(25-19)20(26)27)13-4-3-5-16(23)10-13;3-2(4,5)1(6)7/h3-10,12,17-19,25H,1-2H3,(H,26,27);(H,6,7)/t17-,18+,19-,21+;/m0./s1. The van der Waals surface area contributed by atoms with Crippen LogP contribution in [0.5, 0.6) is 0 Å². The van der Waals surface area contributed by atoms with Gasteiger partial charge in [0.2, 0.25) is 0 Å². The lowest BCUT2D eigenvalue weighted by Gasteiger charge is -2.36. The number of halogens is 5. The highest BCUT2D eigenvalue weighted by molar-refractivity contribution is 6.30. The summed E-state index contributed by atoms with van der Waals surface area (Å²) in [6.07, 6.45) is -5.08. The number of nitriles is 1. The zero-order chi connectivity index (χ0) is 25.8. The number of rotatable bonds is 4. The third kappa shape index (κ3) is 5.63. The Kier molecular flexibility index (Phi) is 8.59. The predicted molar refractivity (Wildman–Crippen MR) is 120 cm³/mol. The van der Waals surface area contributed by atoms with Crippen molar-refractivity contribution in [1.82, 2.24) is 5.32 Å². The quantitative estimate of drug-likeness (QED) is 0.511. The fourth-order valence-electron chi connectivity index (χ4n) is 4.25. The summed E-state index contributed by atoms with van der Waals surface area (Å²) < 4.78 is 31.7.